The maximum Gasteiger partial charge on any atom is 0.154 e. The predicted molar refractivity (Wildman–Crippen MR) is 56.3 cm³/mol. The molecule has 3 N–H and O–H groups in total. The summed E-state index contributed by atoms with van der Waals surface area (Å²) in [5.41, 5.74) is 6.41. The second-order valence-corrected chi connectivity index (χ2v) is 3.05. The maximum absolute atomic E-state index is 13.7. The molecule has 14 heavy (non-hydrogen) atoms. The Morgan fingerprint density at radius 1 is 1.36 bits per heavy atom. The molecular formula is C11H11FN2. The monoisotopic (exact) mass is 190 g/mol. The van der Waals surface area contributed by atoms with Crippen molar-refractivity contribution < 1.29 is 4.39 Å². The third kappa shape index (κ3) is 1.42. The molecule has 0 aliphatic rings. The number of aromatic amines is 1. The smallest absolute Gasteiger partial charge is 0.154 e. The Hall–Kier alpha value is -1.61. The minimum atomic E-state index is -0.225. The van der Waals surface area contributed by atoms with Crippen LogP contribution in [0.25, 0.3) is 17.0 Å². The maximum atomic E-state index is 13.7. The molecule has 0 spiro atoms. The van der Waals surface area contributed by atoms with Gasteiger partial charge < -0.3 is 10.7 Å². The first kappa shape index (κ1) is 8.97. The lowest BCUT2D eigenvalue weighted by Crippen LogP contribution is -1.92. The first-order valence-electron chi connectivity index (χ1n) is 4.45. The summed E-state index contributed by atoms with van der Waals surface area (Å²) in [6.07, 6.45) is 5.15. The zero-order valence-corrected chi connectivity index (χ0v) is 7.63. The Kier molecular flexibility index (Phi) is 2.33. The number of nitrogens with two attached hydrogens (primary N) is 1. The van der Waals surface area contributed by atoms with Gasteiger partial charge in [-0.05, 0) is 6.07 Å². The van der Waals surface area contributed by atoms with E-state index in [0.717, 1.165) is 5.39 Å². The second-order valence-electron chi connectivity index (χ2n) is 3.05. The summed E-state index contributed by atoms with van der Waals surface area (Å²) >= 11 is 0. The van der Waals surface area contributed by atoms with Gasteiger partial charge in [-0.3, -0.25) is 0 Å². The molecule has 0 saturated carbocycles. The molecule has 0 atom stereocenters. The number of rotatable bonds is 2. The minimum absolute atomic E-state index is 0.225. The van der Waals surface area contributed by atoms with Crippen molar-refractivity contribution in [1.29, 1.82) is 0 Å². The third-order valence-electron chi connectivity index (χ3n) is 2.13. The Morgan fingerprint density at radius 3 is 3.00 bits per heavy atom. The van der Waals surface area contributed by atoms with Crippen LogP contribution in [0.1, 0.15) is 5.56 Å². The quantitative estimate of drug-likeness (QED) is 0.749. The Bertz CT molecular complexity index is 471. The van der Waals surface area contributed by atoms with Crippen LogP contribution in [-0.2, 0) is 0 Å². The Morgan fingerprint density at radius 2 is 2.21 bits per heavy atom. The summed E-state index contributed by atoms with van der Waals surface area (Å²) in [5.74, 6) is -0.225. The first-order chi connectivity index (χ1) is 6.83. The van der Waals surface area contributed by atoms with Gasteiger partial charge in [-0.15, -0.1) is 0 Å². The van der Waals surface area contributed by atoms with Crippen LogP contribution in [-0.4, -0.2) is 11.5 Å². The average molecular weight is 190 g/mol. The lowest BCUT2D eigenvalue weighted by molar-refractivity contribution is 0.634. The standard InChI is InChI=1S/C11H11FN2/c12-10-8(2-1-6-13)3-4-9-5-7-14-11(9)10/h1-5,7,14H,6,13H2/b2-1+. The molecule has 0 fully saturated rings. The number of nitrogens with one attached hydrogen (secondary N) is 1. The van der Waals surface area contributed by atoms with Crippen molar-refractivity contribution in [3.05, 3.63) is 41.9 Å². The van der Waals surface area contributed by atoms with E-state index < -0.39 is 0 Å². The molecule has 3 heteroatoms. The number of hydrogen-bond acceptors (Lipinski definition) is 1. The second kappa shape index (κ2) is 3.64. The number of halogens is 1. The van der Waals surface area contributed by atoms with E-state index in [2.05, 4.69) is 4.98 Å². The summed E-state index contributed by atoms with van der Waals surface area (Å²) in [5, 5.41) is 0.882. The van der Waals surface area contributed by atoms with Crippen molar-refractivity contribution in [2.24, 2.45) is 5.73 Å². The molecule has 1 aromatic carbocycles. The Labute approximate surface area is 81.2 Å². The van der Waals surface area contributed by atoms with Gasteiger partial charge in [0.15, 0.2) is 5.82 Å². The predicted octanol–water partition coefficient (Wildman–Crippen LogP) is 2.28. The van der Waals surface area contributed by atoms with Crippen molar-refractivity contribution in [3.8, 4) is 0 Å². The molecule has 2 aromatic rings. The van der Waals surface area contributed by atoms with Crippen LogP contribution in [0.3, 0.4) is 0 Å². The van der Waals surface area contributed by atoms with E-state index in [1.165, 1.54) is 0 Å². The molecule has 0 bridgehead atoms. The third-order valence-corrected chi connectivity index (χ3v) is 2.13. The molecular weight excluding hydrogens is 179 g/mol. The fourth-order valence-corrected chi connectivity index (χ4v) is 1.43. The number of aromatic nitrogens is 1. The van der Waals surface area contributed by atoms with Crippen molar-refractivity contribution in [2.45, 2.75) is 0 Å². The van der Waals surface area contributed by atoms with Gasteiger partial charge in [0.1, 0.15) is 0 Å². The van der Waals surface area contributed by atoms with Gasteiger partial charge in [-0.25, -0.2) is 4.39 Å². The lowest BCUT2D eigenvalue weighted by Gasteiger charge is -1.98. The van der Waals surface area contributed by atoms with Gasteiger partial charge in [0.25, 0.3) is 0 Å². The van der Waals surface area contributed by atoms with Gasteiger partial charge >= 0.3 is 0 Å². The zero-order valence-electron chi connectivity index (χ0n) is 7.63. The Balaban J connectivity index is 2.56. The molecule has 1 heterocycles. The molecule has 0 radical (unpaired) electrons. The van der Waals surface area contributed by atoms with Crippen LogP contribution in [0.15, 0.2) is 30.5 Å². The summed E-state index contributed by atoms with van der Waals surface area (Å²) in [6, 6.07) is 5.47. The lowest BCUT2D eigenvalue weighted by atomic mass is 10.1. The van der Waals surface area contributed by atoms with Crippen LogP contribution in [0.5, 0.6) is 0 Å². The van der Waals surface area contributed by atoms with Gasteiger partial charge in [-0.1, -0.05) is 24.3 Å². The van der Waals surface area contributed by atoms with E-state index in [1.54, 1.807) is 24.4 Å². The summed E-state index contributed by atoms with van der Waals surface area (Å²) in [7, 11) is 0. The fourth-order valence-electron chi connectivity index (χ4n) is 1.43. The van der Waals surface area contributed by atoms with E-state index in [0.29, 0.717) is 17.6 Å². The van der Waals surface area contributed by atoms with Crippen molar-refractivity contribution in [2.75, 3.05) is 6.54 Å². The average Bonchev–Trinajstić information content (AvgIpc) is 2.66. The highest BCUT2D eigenvalue weighted by Gasteiger charge is 2.04. The molecule has 2 rings (SSSR count). The molecule has 0 aliphatic heterocycles. The van der Waals surface area contributed by atoms with E-state index >= 15 is 0 Å². The molecule has 0 aliphatic carbocycles. The SMILES string of the molecule is NC/C=C/c1ccc2cc[nH]c2c1F. The van der Waals surface area contributed by atoms with Crippen molar-refractivity contribution in [3.63, 3.8) is 0 Å². The highest BCUT2D eigenvalue weighted by molar-refractivity contribution is 5.82. The van der Waals surface area contributed by atoms with Crippen molar-refractivity contribution >= 4 is 17.0 Å². The molecule has 0 amide bonds. The number of H-pyrrole nitrogens is 1. The van der Waals surface area contributed by atoms with E-state index in [1.807, 2.05) is 12.1 Å². The van der Waals surface area contributed by atoms with E-state index in [4.69, 9.17) is 5.73 Å². The highest BCUT2D eigenvalue weighted by Crippen LogP contribution is 2.20. The summed E-state index contributed by atoms with van der Waals surface area (Å²) in [4.78, 5) is 2.86. The van der Waals surface area contributed by atoms with Gasteiger partial charge in [0, 0.05) is 23.7 Å². The van der Waals surface area contributed by atoms with E-state index in [9.17, 15) is 4.39 Å². The van der Waals surface area contributed by atoms with Gasteiger partial charge in [-0.2, -0.15) is 0 Å². The zero-order chi connectivity index (χ0) is 9.97. The molecule has 72 valence electrons. The fraction of sp³-hybridized carbons (Fsp3) is 0.0909. The highest BCUT2D eigenvalue weighted by atomic mass is 19.1. The van der Waals surface area contributed by atoms with Crippen LogP contribution in [0.2, 0.25) is 0 Å². The summed E-state index contributed by atoms with van der Waals surface area (Å²) < 4.78 is 13.7. The first-order valence-corrected chi connectivity index (χ1v) is 4.45. The molecule has 2 nitrogen and oxygen atoms in total. The molecule has 1 aromatic heterocycles. The number of fused-ring (bicyclic) bond motifs is 1. The van der Waals surface area contributed by atoms with E-state index in [-0.39, 0.29) is 5.82 Å². The van der Waals surface area contributed by atoms with Crippen LogP contribution in [0, 0.1) is 5.82 Å². The number of hydrogen-bond donors (Lipinski definition) is 2. The van der Waals surface area contributed by atoms with Crippen LogP contribution < -0.4 is 5.73 Å². The topological polar surface area (TPSA) is 41.8 Å². The van der Waals surface area contributed by atoms with Crippen LogP contribution >= 0.6 is 0 Å². The van der Waals surface area contributed by atoms with Crippen molar-refractivity contribution in [1.82, 2.24) is 4.98 Å². The largest absolute Gasteiger partial charge is 0.359 e. The van der Waals surface area contributed by atoms with Gasteiger partial charge in [0.05, 0.1) is 5.52 Å². The van der Waals surface area contributed by atoms with Crippen LogP contribution in [0.4, 0.5) is 4.39 Å². The minimum Gasteiger partial charge on any atom is -0.359 e. The number of benzene rings is 1. The van der Waals surface area contributed by atoms with Gasteiger partial charge in [0.2, 0.25) is 0 Å². The summed E-state index contributed by atoms with van der Waals surface area (Å²) in [6.45, 7) is 0.419. The normalized spacial score (nSPS) is 11.6. The molecule has 0 saturated heterocycles. The molecule has 0 unspecified atom stereocenters.